The van der Waals surface area contributed by atoms with Crippen LogP contribution >= 0.6 is 0 Å². The maximum Gasteiger partial charge on any atom is 0.245 e. The van der Waals surface area contributed by atoms with Crippen LogP contribution in [0, 0.1) is 0 Å². The number of nitrogens with one attached hydrogen (secondary N) is 4. The number of aryl methyl sites for hydroxylation is 1. The van der Waals surface area contributed by atoms with E-state index in [1.807, 2.05) is 60.7 Å². The molecule has 0 aliphatic rings. The normalized spacial score (nSPS) is 12.7. The lowest BCUT2D eigenvalue weighted by molar-refractivity contribution is -0.134. The van der Waals surface area contributed by atoms with Crippen molar-refractivity contribution in [2.24, 2.45) is 5.73 Å². The van der Waals surface area contributed by atoms with Crippen LogP contribution in [0.3, 0.4) is 0 Å². The Hall–Kier alpha value is -5.03. The summed E-state index contributed by atoms with van der Waals surface area (Å²) in [4.78, 5) is 63.8. The summed E-state index contributed by atoms with van der Waals surface area (Å²) in [6.45, 7) is -0.485. The van der Waals surface area contributed by atoms with Gasteiger partial charge < -0.3 is 32.1 Å². The zero-order valence-corrected chi connectivity index (χ0v) is 24.4. The molecule has 0 saturated heterocycles. The highest BCUT2D eigenvalue weighted by Crippen LogP contribution is 2.07. The van der Waals surface area contributed by atoms with E-state index in [9.17, 15) is 29.1 Å². The predicted octanol–water partition coefficient (Wildman–Crippen LogP) is 0.891. The molecule has 3 rings (SSSR count). The lowest BCUT2D eigenvalue weighted by atomic mass is 10.0. The molecule has 0 bridgehead atoms. The van der Waals surface area contributed by atoms with E-state index < -0.39 is 54.3 Å². The molecule has 232 valence electrons. The van der Waals surface area contributed by atoms with Gasteiger partial charge in [0.25, 0.3) is 0 Å². The summed E-state index contributed by atoms with van der Waals surface area (Å²) < 4.78 is 0. The van der Waals surface area contributed by atoms with Crippen LogP contribution in [0.15, 0.2) is 91.0 Å². The fraction of sp³-hybridized carbons (Fsp3) is 0.303. The van der Waals surface area contributed by atoms with E-state index in [-0.39, 0.29) is 32.2 Å². The molecule has 0 heterocycles. The van der Waals surface area contributed by atoms with E-state index in [0.29, 0.717) is 6.42 Å². The minimum Gasteiger partial charge on any atom is -0.394 e. The van der Waals surface area contributed by atoms with Crippen LogP contribution in [-0.2, 0) is 43.4 Å². The number of carbonyl (C=O) groups is 5. The van der Waals surface area contributed by atoms with Crippen molar-refractivity contribution in [2.75, 3.05) is 6.61 Å². The number of nitrogens with two attached hydrogens (primary N) is 1. The smallest absolute Gasteiger partial charge is 0.245 e. The van der Waals surface area contributed by atoms with Crippen molar-refractivity contribution in [3.8, 4) is 0 Å². The highest BCUT2D eigenvalue weighted by atomic mass is 16.3. The highest BCUT2D eigenvalue weighted by Gasteiger charge is 2.30. The molecule has 5 amide bonds. The average molecular weight is 602 g/mol. The SMILES string of the molecule is NC(=O)CC[C@H](NC(=O)[C@H](Cc1ccccc1)NC(=O)[C@H](CO)NC(=O)CCc1ccccc1)C(=O)NCc1ccccc1. The number of hydrogen-bond acceptors (Lipinski definition) is 6. The van der Waals surface area contributed by atoms with E-state index in [2.05, 4.69) is 21.3 Å². The first kappa shape index (κ1) is 33.5. The first-order chi connectivity index (χ1) is 21.2. The number of aliphatic hydroxyl groups excluding tert-OH is 1. The van der Waals surface area contributed by atoms with Gasteiger partial charge in [-0.2, -0.15) is 0 Å². The van der Waals surface area contributed by atoms with Crippen molar-refractivity contribution in [1.82, 2.24) is 21.3 Å². The van der Waals surface area contributed by atoms with Crippen LogP contribution in [0.25, 0.3) is 0 Å². The summed E-state index contributed by atoms with van der Waals surface area (Å²) in [5.41, 5.74) is 7.83. The van der Waals surface area contributed by atoms with Crippen molar-refractivity contribution in [2.45, 2.75) is 56.8 Å². The van der Waals surface area contributed by atoms with Crippen molar-refractivity contribution >= 4 is 29.5 Å². The Kier molecular flexibility index (Phi) is 13.6. The van der Waals surface area contributed by atoms with Gasteiger partial charge >= 0.3 is 0 Å². The zero-order chi connectivity index (χ0) is 31.7. The molecule has 0 spiro atoms. The Bertz CT molecular complexity index is 1370. The molecule has 3 aromatic carbocycles. The molecular weight excluding hydrogens is 562 g/mol. The molecule has 11 heteroatoms. The molecule has 3 atom stereocenters. The monoisotopic (exact) mass is 601 g/mol. The van der Waals surface area contributed by atoms with E-state index in [1.54, 1.807) is 30.3 Å². The standard InChI is InChI=1S/C33H39N5O6/c34-29(40)18-17-26(31(42)35-21-25-14-8-3-9-15-25)37-32(43)27(20-24-12-6-2-7-13-24)38-33(44)28(22-39)36-30(41)19-16-23-10-4-1-5-11-23/h1-15,26-28,39H,16-22H2,(H2,34,40)(H,35,42)(H,36,41)(H,37,43)(H,38,44)/t26-,27-,28-/m0/s1. The van der Waals surface area contributed by atoms with Gasteiger partial charge in [-0.3, -0.25) is 24.0 Å². The molecule has 3 aromatic rings. The molecule has 0 aliphatic carbocycles. The molecule has 11 nitrogen and oxygen atoms in total. The second kappa shape index (κ2) is 17.8. The Morgan fingerprint density at radius 1 is 0.614 bits per heavy atom. The highest BCUT2D eigenvalue weighted by molar-refractivity contribution is 5.94. The molecule has 0 aliphatic heterocycles. The quantitative estimate of drug-likeness (QED) is 0.134. The largest absolute Gasteiger partial charge is 0.394 e. The van der Waals surface area contributed by atoms with E-state index in [1.165, 1.54) is 0 Å². The van der Waals surface area contributed by atoms with Gasteiger partial charge in [-0.1, -0.05) is 91.0 Å². The van der Waals surface area contributed by atoms with Crippen molar-refractivity contribution in [3.05, 3.63) is 108 Å². The molecule has 0 unspecified atom stereocenters. The molecule has 0 fully saturated rings. The van der Waals surface area contributed by atoms with Crippen LogP contribution in [0.1, 0.15) is 36.0 Å². The number of carbonyl (C=O) groups excluding carboxylic acids is 5. The van der Waals surface area contributed by atoms with E-state index >= 15 is 0 Å². The predicted molar refractivity (Wildman–Crippen MR) is 165 cm³/mol. The zero-order valence-electron chi connectivity index (χ0n) is 24.4. The fourth-order valence-electron chi connectivity index (χ4n) is 4.43. The molecule has 0 aromatic heterocycles. The minimum atomic E-state index is -1.30. The fourth-order valence-corrected chi connectivity index (χ4v) is 4.43. The van der Waals surface area contributed by atoms with Gasteiger partial charge in [-0.05, 0) is 29.5 Å². The van der Waals surface area contributed by atoms with Gasteiger partial charge in [0.2, 0.25) is 29.5 Å². The average Bonchev–Trinajstić information content (AvgIpc) is 3.04. The summed E-state index contributed by atoms with van der Waals surface area (Å²) in [5, 5.41) is 20.4. The maximum atomic E-state index is 13.5. The van der Waals surface area contributed by atoms with Crippen LogP contribution in [0.2, 0.25) is 0 Å². The summed E-state index contributed by atoms with van der Waals surface area (Å²) in [6, 6.07) is 23.9. The van der Waals surface area contributed by atoms with Gasteiger partial charge in [0.15, 0.2) is 0 Å². The summed E-state index contributed by atoms with van der Waals surface area (Å²) >= 11 is 0. The lowest BCUT2D eigenvalue weighted by Gasteiger charge is -2.25. The van der Waals surface area contributed by atoms with Gasteiger partial charge in [0.05, 0.1) is 6.61 Å². The van der Waals surface area contributed by atoms with Crippen LogP contribution in [0.4, 0.5) is 0 Å². The minimum absolute atomic E-state index is 0.0512. The molecule has 0 saturated carbocycles. The number of rotatable bonds is 17. The third kappa shape index (κ3) is 11.7. The first-order valence-electron chi connectivity index (χ1n) is 14.4. The third-order valence-corrected chi connectivity index (χ3v) is 6.86. The topological polar surface area (TPSA) is 180 Å². The number of hydrogen-bond donors (Lipinski definition) is 6. The number of benzene rings is 3. The van der Waals surface area contributed by atoms with Gasteiger partial charge in [0, 0.05) is 25.8 Å². The van der Waals surface area contributed by atoms with E-state index in [4.69, 9.17) is 5.73 Å². The second-order valence-corrected chi connectivity index (χ2v) is 10.3. The summed E-state index contributed by atoms with van der Waals surface area (Å²) in [7, 11) is 0. The van der Waals surface area contributed by atoms with Gasteiger partial charge in [-0.15, -0.1) is 0 Å². The summed E-state index contributed by atoms with van der Waals surface area (Å²) in [5.74, 6) is -3.04. The molecule has 44 heavy (non-hydrogen) atoms. The Morgan fingerprint density at radius 3 is 1.70 bits per heavy atom. The number of primary amides is 1. The van der Waals surface area contributed by atoms with Gasteiger partial charge in [0.1, 0.15) is 18.1 Å². The Morgan fingerprint density at radius 2 is 1.14 bits per heavy atom. The van der Waals surface area contributed by atoms with Crippen molar-refractivity contribution < 1.29 is 29.1 Å². The second-order valence-electron chi connectivity index (χ2n) is 10.3. The summed E-state index contributed by atoms with van der Waals surface area (Å²) in [6.07, 6.45) is 0.407. The Balaban J connectivity index is 1.69. The number of aliphatic hydroxyl groups is 1. The third-order valence-electron chi connectivity index (χ3n) is 6.86. The molecular formula is C33H39N5O6. The lowest BCUT2D eigenvalue weighted by Crippen LogP contribution is -2.58. The van der Waals surface area contributed by atoms with E-state index in [0.717, 1.165) is 16.7 Å². The van der Waals surface area contributed by atoms with Crippen LogP contribution in [-0.4, -0.2) is 59.4 Å². The number of amides is 5. The van der Waals surface area contributed by atoms with Crippen molar-refractivity contribution in [3.63, 3.8) is 0 Å². The van der Waals surface area contributed by atoms with Crippen molar-refractivity contribution in [1.29, 1.82) is 0 Å². The molecule has 7 N–H and O–H groups in total. The molecule has 0 radical (unpaired) electrons. The van der Waals surface area contributed by atoms with Crippen LogP contribution in [0.5, 0.6) is 0 Å². The maximum absolute atomic E-state index is 13.5. The first-order valence-corrected chi connectivity index (χ1v) is 14.4. The Labute approximate surface area is 256 Å². The van der Waals surface area contributed by atoms with Gasteiger partial charge in [-0.25, -0.2) is 0 Å². The van der Waals surface area contributed by atoms with Crippen LogP contribution < -0.4 is 27.0 Å².